The standard InChI is InChI=1S/C22H21N5O3/c1-29-19-9-8-15(10-20(19)30-2)21-18(22(28)24-12-16-11-23-14-25-16)13-27(26-21)17-6-4-3-5-7-17/h3-11,13-14H,12H2,1-2H3,(H,23,25)(H,24,28). The molecule has 0 radical (unpaired) electrons. The predicted molar refractivity (Wildman–Crippen MR) is 112 cm³/mol. The minimum absolute atomic E-state index is 0.239. The van der Waals surface area contributed by atoms with E-state index in [1.54, 1.807) is 43.7 Å². The molecule has 0 aliphatic carbocycles. The number of ether oxygens (including phenoxy) is 2. The highest BCUT2D eigenvalue weighted by atomic mass is 16.5. The minimum Gasteiger partial charge on any atom is -0.493 e. The van der Waals surface area contributed by atoms with Crippen LogP contribution in [0.3, 0.4) is 0 Å². The highest BCUT2D eigenvalue weighted by molar-refractivity contribution is 6.00. The van der Waals surface area contributed by atoms with Crippen LogP contribution in [-0.4, -0.2) is 39.9 Å². The van der Waals surface area contributed by atoms with Gasteiger partial charge in [0.25, 0.3) is 5.91 Å². The first-order chi connectivity index (χ1) is 14.7. The third-order valence-corrected chi connectivity index (χ3v) is 4.63. The Morgan fingerprint density at radius 2 is 1.90 bits per heavy atom. The van der Waals surface area contributed by atoms with Crippen molar-refractivity contribution in [2.45, 2.75) is 6.54 Å². The van der Waals surface area contributed by atoms with Crippen molar-refractivity contribution >= 4 is 5.91 Å². The van der Waals surface area contributed by atoms with Crippen molar-refractivity contribution in [3.05, 3.63) is 78.5 Å². The van der Waals surface area contributed by atoms with E-state index in [4.69, 9.17) is 9.47 Å². The van der Waals surface area contributed by atoms with Crippen LogP contribution in [0.1, 0.15) is 16.1 Å². The number of carbonyl (C=O) groups excluding carboxylic acids is 1. The summed E-state index contributed by atoms with van der Waals surface area (Å²) in [6.45, 7) is 0.334. The number of aromatic amines is 1. The molecule has 0 aliphatic heterocycles. The van der Waals surface area contributed by atoms with Crippen LogP contribution in [0.5, 0.6) is 11.5 Å². The largest absolute Gasteiger partial charge is 0.493 e. The summed E-state index contributed by atoms with van der Waals surface area (Å²) in [4.78, 5) is 19.9. The van der Waals surface area contributed by atoms with Gasteiger partial charge in [-0.1, -0.05) is 18.2 Å². The van der Waals surface area contributed by atoms with Gasteiger partial charge in [0.15, 0.2) is 11.5 Å². The van der Waals surface area contributed by atoms with Crippen molar-refractivity contribution in [3.63, 3.8) is 0 Å². The van der Waals surface area contributed by atoms with Gasteiger partial charge in [0.2, 0.25) is 0 Å². The van der Waals surface area contributed by atoms with Gasteiger partial charge < -0.3 is 19.8 Å². The fourth-order valence-electron chi connectivity index (χ4n) is 3.10. The topological polar surface area (TPSA) is 94.1 Å². The number of rotatable bonds is 7. The molecule has 4 aromatic rings. The number of methoxy groups -OCH3 is 2. The zero-order valence-electron chi connectivity index (χ0n) is 16.6. The highest BCUT2D eigenvalue weighted by Gasteiger charge is 2.20. The van der Waals surface area contributed by atoms with Gasteiger partial charge in [-0.05, 0) is 30.3 Å². The van der Waals surface area contributed by atoms with E-state index in [0.29, 0.717) is 29.3 Å². The Bertz CT molecular complexity index is 1140. The van der Waals surface area contributed by atoms with E-state index in [2.05, 4.69) is 20.4 Å². The second kappa shape index (κ2) is 8.52. The van der Waals surface area contributed by atoms with E-state index in [1.165, 1.54) is 0 Å². The maximum Gasteiger partial charge on any atom is 0.255 e. The molecule has 4 rings (SSSR count). The van der Waals surface area contributed by atoms with Gasteiger partial charge in [0.1, 0.15) is 5.69 Å². The Balaban J connectivity index is 1.74. The number of hydrogen-bond donors (Lipinski definition) is 2. The van der Waals surface area contributed by atoms with Gasteiger partial charge in [-0.2, -0.15) is 5.10 Å². The second-order valence-corrected chi connectivity index (χ2v) is 6.50. The normalized spacial score (nSPS) is 10.6. The molecule has 0 spiro atoms. The molecule has 0 unspecified atom stereocenters. The number of para-hydroxylation sites is 1. The van der Waals surface area contributed by atoms with E-state index in [0.717, 1.165) is 16.9 Å². The van der Waals surface area contributed by atoms with Gasteiger partial charge in [-0.15, -0.1) is 0 Å². The maximum atomic E-state index is 13.0. The average molecular weight is 403 g/mol. The number of aromatic nitrogens is 4. The molecule has 8 nitrogen and oxygen atoms in total. The number of H-pyrrole nitrogens is 1. The molecular formula is C22H21N5O3. The molecule has 0 fully saturated rings. The molecule has 152 valence electrons. The molecule has 2 N–H and O–H groups in total. The van der Waals surface area contributed by atoms with Gasteiger partial charge in [0.05, 0.1) is 44.0 Å². The van der Waals surface area contributed by atoms with E-state index < -0.39 is 0 Å². The Kier molecular flexibility index (Phi) is 5.47. The second-order valence-electron chi connectivity index (χ2n) is 6.50. The van der Waals surface area contributed by atoms with Gasteiger partial charge >= 0.3 is 0 Å². The van der Waals surface area contributed by atoms with Crippen LogP contribution in [0.2, 0.25) is 0 Å². The van der Waals surface area contributed by atoms with Crippen molar-refractivity contribution in [2.75, 3.05) is 14.2 Å². The number of amides is 1. The van der Waals surface area contributed by atoms with Crippen LogP contribution in [0.4, 0.5) is 0 Å². The zero-order chi connectivity index (χ0) is 20.9. The van der Waals surface area contributed by atoms with Crippen LogP contribution in [0, 0.1) is 0 Å². The summed E-state index contributed by atoms with van der Waals surface area (Å²) in [5, 5.41) is 7.59. The van der Waals surface area contributed by atoms with E-state index >= 15 is 0 Å². The lowest BCUT2D eigenvalue weighted by atomic mass is 10.1. The molecule has 1 amide bonds. The summed E-state index contributed by atoms with van der Waals surface area (Å²) < 4.78 is 12.4. The number of imidazole rings is 1. The summed E-state index contributed by atoms with van der Waals surface area (Å²) in [5.74, 6) is 0.929. The first kappa shape index (κ1) is 19.3. The number of nitrogens with zero attached hydrogens (tertiary/aromatic N) is 3. The van der Waals surface area contributed by atoms with Crippen molar-refractivity contribution in [2.24, 2.45) is 0 Å². The van der Waals surface area contributed by atoms with Crippen LogP contribution < -0.4 is 14.8 Å². The Hall–Kier alpha value is -4.07. The minimum atomic E-state index is -0.239. The van der Waals surface area contributed by atoms with Crippen LogP contribution in [0.25, 0.3) is 16.9 Å². The van der Waals surface area contributed by atoms with Crippen molar-refractivity contribution in [1.29, 1.82) is 0 Å². The van der Waals surface area contributed by atoms with Crippen LogP contribution >= 0.6 is 0 Å². The summed E-state index contributed by atoms with van der Waals surface area (Å²) in [5.41, 5.74) is 3.40. The fourth-order valence-corrected chi connectivity index (χ4v) is 3.10. The highest BCUT2D eigenvalue weighted by Crippen LogP contribution is 2.33. The molecule has 0 saturated heterocycles. The summed E-state index contributed by atoms with van der Waals surface area (Å²) in [6, 6.07) is 15.1. The average Bonchev–Trinajstić information content (AvgIpc) is 3.48. The lowest BCUT2D eigenvalue weighted by Crippen LogP contribution is -2.23. The summed E-state index contributed by atoms with van der Waals surface area (Å²) >= 11 is 0. The number of benzene rings is 2. The first-order valence-corrected chi connectivity index (χ1v) is 9.32. The predicted octanol–water partition coefficient (Wildman–Crippen LogP) is 3.21. The van der Waals surface area contributed by atoms with Crippen molar-refractivity contribution < 1.29 is 14.3 Å². The lowest BCUT2D eigenvalue weighted by molar-refractivity contribution is 0.0951. The lowest BCUT2D eigenvalue weighted by Gasteiger charge is -2.09. The maximum absolute atomic E-state index is 13.0. The first-order valence-electron chi connectivity index (χ1n) is 9.32. The molecule has 0 bridgehead atoms. The third-order valence-electron chi connectivity index (χ3n) is 4.63. The third kappa shape index (κ3) is 3.88. The van der Waals surface area contributed by atoms with Crippen molar-refractivity contribution in [3.8, 4) is 28.4 Å². The fraction of sp³-hybridized carbons (Fsp3) is 0.136. The Labute approximate surface area is 173 Å². The van der Waals surface area contributed by atoms with Crippen molar-refractivity contribution in [1.82, 2.24) is 25.1 Å². The van der Waals surface area contributed by atoms with Crippen LogP contribution in [-0.2, 0) is 6.54 Å². The van der Waals surface area contributed by atoms with E-state index in [9.17, 15) is 4.79 Å². The van der Waals surface area contributed by atoms with Gasteiger partial charge in [-0.25, -0.2) is 9.67 Å². The zero-order valence-corrected chi connectivity index (χ0v) is 16.6. The Morgan fingerprint density at radius 3 is 2.60 bits per heavy atom. The van der Waals surface area contributed by atoms with Gasteiger partial charge in [0, 0.05) is 18.0 Å². The monoisotopic (exact) mass is 403 g/mol. The van der Waals surface area contributed by atoms with Crippen LogP contribution in [0.15, 0.2) is 67.3 Å². The molecule has 30 heavy (non-hydrogen) atoms. The van der Waals surface area contributed by atoms with E-state index in [-0.39, 0.29) is 5.91 Å². The molecule has 8 heteroatoms. The van der Waals surface area contributed by atoms with Gasteiger partial charge in [-0.3, -0.25) is 4.79 Å². The Morgan fingerprint density at radius 1 is 1.10 bits per heavy atom. The smallest absolute Gasteiger partial charge is 0.255 e. The summed E-state index contributed by atoms with van der Waals surface area (Å²) in [6.07, 6.45) is 4.97. The molecule has 0 aliphatic rings. The molecule has 2 aromatic carbocycles. The molecule has 0 atom stereocenters. The SMILES string of the molecule is COc1ccc(-c2nn(-c3ccccc3)cc2C(=O)NCc2cnc[nH]2)cc1OC. The summed E-state index contributed by atoms with van der Waals surface area (Å²) in [7, 11) is 3.15. The molecule has 2 aromatic heterocycles. The number of hydrogen-bond acceptors (Lipinski definition) is 5. The molecule has 2 heterocycles. The number of carbonyl (C=O) groups is 1. The molecule has 0 saturated carbocycles. The van der Waals surface area contributed by atoms with E-state index in [1.807, 2.05) is 42.5 Å². The molecular weight excluding hydrogens is 382 g/mol. The quantitative estimate of drug-likeness (QED) is 0.494. The number of nitrogens with one attached hydrogen (secondary N) is 2.